The van der Waals surface area contributed by atoms with Gasteiger partial charge >= 0.3 is 5.97 Å². The number of carboxylic acids is 1. The first-order valence-electron chi connectivity index (χ1n) is 7.46. The molecule has 0 fully saturated rings. The fourth-order valence-electron chi connectivity index (χ4n) is 3.29. The lowest BCUT2D eigenvalue weighted by Crippen LogP contribution is -2.41. The molecule has 0 aromatic heterocycles. The van der Waals surface area contributed by atoms with Crippen LogP contribution in [-0.4, -0.2) is 23.5 Å². The van der Waals surface area contributed by atoms with Crippen LogP contribution in [0.5, 0.6) is 0 Å². The van der Waals surface area contributed by atoms with E-state index in [0.717, 1.165) is 30.5 Å². The fraction of sp³-hybridized carbons (Fsp3) is 0.412. The summed E-state index contributed by atoms with van der Waals surface area (Å²) in [5.74, 6) is -1.15. The molecule has 3 rings (SSSR count). The van der Waals surface area contributed by atoms with Crippen molar-refractivity contribution < 1.29 is 14.7 Å². The van der Waals surface area contributed by atoms with Crippen molar-refractivity contribution in [3.8, 4) is 0 Å². The molecule has 2 unspecified atom stereocenters. The number of carbonyl (C=O) groups excluding carboxylic acids is 1. The number of rotatable bonds is 2. The molecule has 1 aliphatic heterocycles. The molecule has 21 heavy (non-hydrogen) atoms. The van der Waals surface area contributed by atoms with Gasteiger partial charge in [-0.2, -0.15) is 0 Å². The number of hydrogen-bond acceptors (Lipinski definition) is 2. The van der Waals surface area contributed by atoms with E-state index in [1.165, 1.54) is 0 Å². The maximum absolute atomic E-state index is 12.7. The number of para-hydroxylation sites is 1. The summed E-state index contributed by atoms with van der Waals surface area (Å²) in [4.78, 5) is 25.9. The number of aliphatic carboxylic acids is 1. The maximum atomic E-state index is 12.7. The number of nitrogens with zero attached hydrogens (tertiary/aromatic N) is 1. The molecule has 0 saturated heterocycles. The molecule has 4 nitrogen and oxygen atoms in total. The normalized spacial score (nSPS) is 24.5. The minimum absolute atomic E-state index is 0.0319. The summed E-state index contributed by atoms with van der Waals surface area (Å²) in [6, 6.07) is 7.39. The van der Waals surface area contributed by atoms with Crippen LogP contribution in [0.3, 0.4) is 0 Å². The van der Waals surface area contributed by atoms with Crippen LogP contribution in [0, 0.1) is 5.92 Å². The molecule has 2 atom stereocenters. The van der Waals surface area contributed by atoms with Crippen molar-refractivity contribution in [1.29, 1.82) is 0 Å². The van der Waals surface area contributed by atoms with Crippen LogP contribution in [-0.2, 0) is 9.59 Å². The summed E-state index contributed by atoms with van der Waals surface area (Å²) in [5.41, 5.74) is 1.53. The number of anilines is 1. The number of allylic oxidation sites excluding steroid dienone is 2. The van der Waals surface area contributed by atoms with Gasteiger partial charge in [0.05, 0.1) is 5.92 Å². The number of benzene rings is 1. The summed E-state index contributed by atoms with van der Waals surface area (Å²) >= 11 is 0. The molecule has 0 spiro atoms. The van der Waals surface area contributed by atoms with Crippen LogP contribution < -0.4 is 4.90 Å². The van der Waals surface area contributed by atoms with Crippen LogP contribution >= 0.6 is 0 Å². The molecular weight excluding hydrogens is 266 g/mol. The molecule has 1 amide bonds. The smallest absolute Gasteiger partial charge is 0.311 e. The molecule has 1 aliphatic carbocycles. The average molecular weight is 285 g/mol. The Hall–Kier alpha value is -2.10. The largest absolute Gasteiger partial charge is 0.481 e. The predicted molar refractivity (Wildman–Crippen MR) is 80.3 cm³/mol. The van der Waals surface area contributed by atoms with Crippen LogP contribution in [0.2, 0.25) is 0 Å². The van der Waals surface area contributed by atoms with E-state index in [9.17, 15) is 14.7 Å². The van der Waals surface area contributed by atoms with Gasteiger partial charge < -0.3 is 10.0 Å². The third kappa shape index (κ3) is 2.58. The summed E-state index contributed by atoms with van der Waals surface area (Å²) in [6.07, 6.45) is 7.30. The zero-order valence-corrected chi connectivity index (χ0v) is 11.9. The molecule has 2 aliphatic rings. The third-order valence-corrected chi connectivity index (χ3v) is 4.43. The lowest BCUT2D eigenvalue weighted by molar-refractivity contribution is -0.139. The van der Waals surface area contributed by atoms with Crippen molar-refractivity contribution in [3.63, 3.8) is 0 Å². The highest BCUT2D eigenvalue weighted by molar-refractivity contribution is 5.97. The Labute approximate surface area is 124 Å². The summed E-state index contributed by atoms with van der Waals surface area (Å²) < 4.78 is 0. The minimum Gasteiger partial charge on any atom is -0.481 e. The van der Waals surface area contributed by atoms with E-state index in [0.29, 0.717) is 13.0 Å². The lowest BCUT2D eigenvalue weighted by atomic mass is 9.87. The van der Waals surface area contributed by atoms with Gasteiger partial charge in [0.2, 0.25) is 5.91 Å². The molecule has 1 aromatic carbocycles. The number of fused-ring (bicyclic) bond motifs is 1. The minimum atomic E-state index is -0.810. The quantitative estimate of drug-likeness (QED) is 0.850. The standard InChI is InChI=1S/C17H19NO3/c19-16(12-6-2-1-3-7-12)18-11-10-14(17(20)21)13-8-4-5-9-15(13)18/h1-2,4-5,8-9,12,14H,3,6-7,10-11H2,(H,20,21). The Kier molecular flexibility index (Phi) is 3.78. The molecule has 1 heterocycles. The van der Waals surface area contributed by atoms with Crippen molar-refractivity contribution in [1.82, 2.24) is 0 Å². The van der Waals surface area contributed by atoms with Crippen molar-refractivity contribution in [3.05, 3.63) is 42.0 Å². The van der Waals surface area contributed by atoms with Gasteiger partial charge in [0.25, 0.3) is 0 Å². The summed E-state index contributed by atoms with van der Waals surface area (Å²) in [5, 5.41) is 9.35. The number of carbonyl (C=O) groups is 2. The van der Waals surface area contributed by atoms with E-state index in [1.54, 1.807) is 4.90 Å². The van der Waals surface area contributed by atoms with Crippen molar-refractivity contribution >= 4 is 17.6 Å². The van der Waals surface area contributed by atoms with Gasteiger partial charge in [-0.25, -0.2) is 0 Å². The number of amides is 1. The Morgan fingerprint density at radius 3 is 2.67 bits per heavy atom. The van der Waals surface area contributed by atoms with E-state index in [4.69, 9.17) is 0 Å². The van der Waals surface area contributed by atoms with E-state index >= 15 is 0 Å². The molecule has 0 radical (unpaired) electrons. The average Bonchev–Trinajstić information content (AvgIpc) is 2.54. The van der Waals surface area contributed by atoms with Crippen molar-refractivity contribution in [2.75, 3.05) is 11.4 Å². The number of carboxylic acid groups (broad SMARTS) is 1. The summed E-state index contributed by atoms with van der Waals surface area (Å²) in [6.45, 7) is 0.493. The molecular formula is C17H19NO3. The highest BCUT2D eigenvalue weighted by Crippen LogP contribution is 2.37. The van der Waals surface area contributed by atoms with Crippen LogP contribution in [0.1, 0.15) is 37.2 Å². The molecule has 0 bridgehead atoms. The first kappa shape index (κ1) is 13.9. The Bertz CT molecular complexity index is 593. The molecule has 1 aromatic rings. The van der Waals surface area contributed by atoms with E-state index in [1.807, 2.05) is 24.3 Å². The second kappa shape index (κ2) is 5.72. The van der Waals surface area contributed by atoms with E-state index in [2.05, 4.69) is 12.2 Å². The van der Waals surface area contributed by atoms with Crippen molar-refractivity contribution in [2.24, 2.45) is 5.92 Å². The first-order chi connectivity index (χ1) is 10.2. The molecule has 4 heteroatoms. The number of hydrogen-bond donors (Lipinski definition) is 1. The SMILES string of the molecule is O=C(O)C1CCN(C(=O)C2CC=CCC2)c2ccccc21. The van der Waals surface area contributed by atoms with E-state index in [-0.39, 0.29) is 11.8 Å². The second-order valence-corrected chi connectivity index (χ2v) is 5.71. The van der Waals surface area contributed by atoms with Crippen LogP contribution in [0.25, 0.3) is 0 Å². The van der Waals surface area contributed by atoms with E-state index < -0.39 is 11.9 Å². The monoisotopic (exact) mass is 285 g/mol. The lowest BCUT2D eigenvalue weighted by Gasteiger charge is -2.35. The maximum Gasteiger partial charge on any atom is 0.311 e. The molecule has 1 N–H and O–H groups in total. The van der Waals surface area contributed by atoms with Gasteiger partial charge in [0.1, 0.15) is 0 Å². The second-order valence-electron chi connectivity index (χ2n) is 5.71. The Morgan fingerprint density at radius 1 is 1.14 bits per heavy atom. The fourth-order valence-corrected chi connectivity index (χ4v) is 3.29. The van der Waals surface area contributed by atoms with Gasteiger partial charge in [-0.05, 0) is 37.3 Å². The van der Waals surface area contributed by atoms with Gasteiger partial charge in [0, 0.05) is 18.2 Å². The third-order valence-electron chi connectivity index (χ3n) is 4.43. The van der Waals surface area contributed by atoms with Crippen LogP contribution in [0.4, 0.5) is 5.69 Å². The van der Waals surface area contributed by atoms with Gasteiger partial charge in [-0.3, -0.25) is 9.59 Å². The zero-order chi connectivity index (χ0) is 14.8. The topological polar surface area (TPSA) is 57.6 Å². The van der Waals surface area contributed by atoms with Crippen molar-refractivity contribution in [2.45, 2.75) is 31.6 Å². The van der Waals surface area contributed by atoms with Gasteiger partial charge in [-0.1, -0.05) is 30.4 Å². The zero-order valence-electron chi connectivity index (χ0n) is 11.9. The van der Waals surface area contributed by atoms with Gasteiger partial charge in [0.15, 0.2) is 0 Å². The first-order valence-corrected chi connectivity index (χ1v) is 7.46. The molecule has 0 saturated carbocycles. The Balaban J connectivity index is 1.90. The predicted octanol–water partition coefficient (Wildman–Crippen LogP) is 2.95. The van der Waals surface area contributed by atoms with Gasteiger partial charge in [-0.15, -0.1) is 0 Å². The highest BCUT2D eigenvalue weighted by Gasteiger charge is 2.34. The summed E-state index contributed by atoms with van der Waals surface area (Å²) in [7, 11) is 0. The van der Waals surface area contributed by atoms with Crippen LogP contribution in [0.15, 0.2) is 36.4 Å². The molecule has 110 valence electrons. The Morgan fingerprint density at radius 2 is 1.95 bits per heavy atom. The highest BCUT2D eigenvalue weighted by atomic mass is 16.4.